The molecule has 1 aliphatic carbocycles. The lowest BCUT2D eigenvalue weighted by atomic mass is 9.82. The number of rotatable bonds is 4. The van der Waals surface area contributed by atoms with E-state index in [1.807, 2.05) is 0 Å². The lowest BCUT2D eigenvalue weighted by Gasteiger charge is -2.25. The molecule has 0 unspecified atom stereocenters. The molecule has 0 amide bonds. The quantitative estimate of drug-likeness (QED) is 0.312. The zero-order valence-electron chi connectivity index (χ0n) is 14.4. The van der Waals surface area contributed by atoms with Crippen LogP contribution in [0.25, 0.3) is 0 Å². The summed E-state index contributed by atoms with van der Waals surface area (Å²) in [5.74, 6) is -0.341. The van der Waals surface area contributed by atoms with Gasteiger partial charge in [-0.2, -0.15) is 13.2 Å². The largest absolute Gasteiger partial charge is 0.417 e. The molecule has 0 aromatic heterocycles. The van der Waals surface area contributed by atoms with Gasteiger partial charge in [-0.1, -0.05) is 36.0 Å². The zero-order chi connectivity index (χ0) is 19.4. The Bertz CT molecular complexity index is 812. The van der Waals surface area contributed by atoms with Crippen molar-refractivity contribution in [3.05, 3.63) is 64.4 Å². The van der Waals surface area contributed by atoms with E-state index >= 15 is 0 Å². The second-order valence-corrected chi connectivity index (χ2v) is 6.98. The van der Waals surface area contributed by atoms with Gasteiger partial charge in [0.15, 0.2) is 5.75 Å². The van der Waals surface area contributed by atoms with Crippen molar-refractivity contribution < 1.29 is 22.4 Å². The van der Waals surface area contributed by atoms with Gasteiger partial charge < -0.3 is 4.84 Å². The van der Waals surface area contributed by atoms with Crippen LogP contribution in [0.2, 0.25) is 5.02 Å². The van der Waals surface area contributed by atoms with E-state index < -0.39 is 17.6 Å². The van der Waals surface area contributed by atoms with Crippen LogP contribution in [0.15, 0.2) is 47.6 Å². The third-order valence-corrected chi connectivity index (χ3v) is 4.85. The average Bonchev–Trinajstić information content (AvgIpc) is 2.63. The summed E-state index contributed by atoms with van der Waals surface area (Å²) in [5, 5.41) is 4.27. The number of nitrogens with zero attached hydrogens (tertiary/aromatic N) is 1. The van der Waals surface area contributed by atoms with E-state index in [2.05, 4.69) is 5.16 Å². The summed E-state index contributed by atoms with van der Waals surface area (Å²) in [6.07, 6.45) is -0.190. The summed E-state index contributed by atoms with van der Waals surface area (Å²) in [6.45, 7) is 0. The van der Waals surface area contributed by atoms with Crippen molar-refractivity contribution >= 4 is 17.3 Å². The van der Waals surface area contributed by atoms with Gasteiger partial charge in [0.25, 0.3) is 0 Å². The third kappa shape index (κ3) is 5.01. The monoisotopic (exact) mass is 399 g/mol. The number of hydrogen-bond donors (Lipinski definition) is 0. The molecule has 0 heterocycles. The molecule has 0 N–H and O–H groups in total. The smallest absolute Gasteiger partial charge is 0.357 e. The zero-order valence-corrected chi connectivity index (χ0v) is 15.2. The second-order valence-electron chi connectivity index (χ2n) is 6.54. The van der Waals surface area contributed by atoms with Gasteiger partial charge in [-0.15, -0.1) is 0 Å². The summed E-state index contributed by atoms with van der Waals surface area (Å²) in [5.41, 5.74) is -0.628. The minimum atomic E-state index is -4.54. The molecule has 0 spiro atoms. The first kappa shape index (κ1) is 19.7. The Labute approximate surface area is 159 Å². The summed E-state index contributed by atoms with van der Waals surface area (Å²) in [6, 6.07) is 8.62. The Kier molecular flexibility index (Phi) is 6.05. The van der Waals surface area contributed by atoms with E-state index in [1.165, 1.54) is 36.4 Å². The van der Waals surface area contributed by atoms with E-state index in [0.29, 0.717) is 0 Å². The molecule has 0 saturated heterocycles. The molecule has 0 atom stereocenters. The van der Waals surface area contributed by atoms with Gasteiger partial charge in [0.05, 0.1) is 11.3 Å². The minimum absolute atomic E-state index is 0.0657. The van der Waals surface area contributed by atoms with E-state index in [9.17, 15) is 17.6 Å². The maximum atomic E-state index is 13.5. The molecule has 2 aromatic rings. The molecule has 1 saturated carbocycles. The first-order valence-corrected chi connectivity index (χ1v) is 9.10. The average molecular weight is 400 g/mol. The van der Waals surface area contributed by atoms with Gasteiger partial charge in [0.2, 0.25) is 0 Å². The van der Waals surface area contributed by atoms with Crippen LogP contribution in [0.4, 0.5) is 17.6 Å². The molecular formula is C20H18ClF4NO. The van der Waals surface area contributed by atoms with Crippen LogP contribution in [0.5, 0.6) is 5.75 Å². The van der Waals surface area contributed by atoms with Crippen LogP contribution in [0.1, 0.15) is 43.2 Å². The number of oxime groups is 1. The van der Waals surface area contributed by atoms with Gasteiger partial charge in [-0.25, -0.2) is 4.39 Å². The molecular weight excluding hydrogens is 382 g/mol. The highest BCUT2D eigenvalue weighted by Crippen LogP contribution is 2.37. The number of benzene rings is 2. The summed E-state index contributed by atoms with van der Waals surface area (Å²) in [7, 11) is 0. The van der Waals surface area contributed by atoms with Crippen LogP contribution >= 0.6 is 11.6 Å². The Morgan fingerprint density at radius 3 is 2.30 bits per heavy atom. The molecule has 0 radical (unpaired) electrons. The van der Waals surface area contributed by atoms with Crippen LogP contribution in [-0.4, -0.2) is 5.71 Å². The molecule has 0 bridgehead atoms. The molecule has 1 aliphatic rings. The fourth-order valence-corrected chi connectivity index (χ4v) is 3.46. The number of hydrogen-bond acceptors (Lipinski definition) is 2. The highest BCUT2D eigenvalue weighted by Gasteiger charge is 2.36. The van der Waals surface area contributed by atoms with E-state index in [0.717, 1.165) is 38.2 Å². The van der Waals surface area contributed by atoms with Crippen molar-refractivity contribution in [1.82, 2.24) is 0 Å². The van der Waals surface area contributed by atoms with E-state index in [4.69, 9.17) is 16.4 Å². The van der Waals surface area contributed by atoms with Crippen LogP contribution < -0.4 is 4.84 Å². The van der Waals surface area contributed by atoms with E-state index in [1.54, 1.807) is 0 Å². The van der Waals surface area contributed by atoms with Crippen LogP contribution in [0, 0.1) is 11.7 Å². The topological polar surface area (TPSA) is 21.6 Å². The molecule has 0 aliphatic heterocycles. The first-order valence-electron chi connectivity index (χ1n) is 8.72. The summed E-state index contributed by atoms with van der Waals surface area (Å²) in [4.78, 5) is 5.35. The van der Waals surface area contributed by atoms with Gasteiger partial charge in [0.1, 0.15) is 5.82 Å². The van der Waals surface area contributed by atoms with Gasteiger partial charge >= 0.3 is 6.18 Å². The van der Waals surface area contributed by atoms with Crippen molar-refractivity contribution in [3.8, 4) is 5.75 Å². The predicted octanol–water partition coefficient (Wildman–Crippen LogP) is 6.86. The van der Waals surface area contributed by atoms with Crippen molar-refractivity contribution in [2.24, 2.45) is 11.1 Å². The van der Waals surface area contributed by atoms with Crippen molar-refractivity contribution in [2.75, 3.05) is 0 Å². The second kappa shape index (κ2) is 8.30. The Morgan fingerprint density at radius 1 is 1.00 bits per heavy atom. The summed E-state index contributed by atoms with van der Waals surface area (Å²) >= 11 is 5.98. The van der Waals surface area contributed by atoms with Gasteiger partial charge in [-0.3, -0.25) is 0 Å². The normalized spacial score (nSPS) is 16.4. The standard InChI is InChI=1S/C20H18ClF4NO/c21-14-6-11-18(20(23,24)25)17(12-14)19(13-4-2-1-3-5-13)26-27-16-9-7-15(22)8-10-16/h6-13H,1-5H2. The van der Waals surface area contributed by atoms with Gasteiger partial charge in [0, 0.05) is 16.5 Å². The highest BCUT2D eigenvalue weighted by atomic mass is 35.5. The van der Waals surface area contributed by atoms with Gasteiger partial charge in [-0.05, 0) is 55.3 Å². The maximum Gasteiger partial charge on any atom is 0.417 e. The molecule has 3 rings (SSSR count). The molecule has 2 aromatic carbocycles. The first-order chi connectivity index (χ1) is 12.8. The SMILES string of the molecule is Fc1ccc(ON=C(c2cc(Cl)ccc2C(F)(F)F)C2CCCCC2)cc1. The third-order valence-electron chi connectivity index (χ3n) is 4.62. The number of halogens is 5. The van der Waals surface area contributed by atoms with Crippen LogP contribution in [0.3, 0.4) is 0 Å². The predicted molar refractivity (Wildman–Crippen MR) is 96.6 cm³/mol. The molecule has 1 fully saturated rings. The Morgan fingerprint density at radius 2 is 1.67 bits per heavy atom. The molecule has 2 nitrogen and oxygen atoms in total. The van der Waals surface area contributed by atoms with Crippen molar-refractivity contribution in [2.45, 2.75) is 38.3 Å². The molecule has 27 heavy (non-hydrogen) atoms. The van der Waals surface area contributed by atoms with Crippen molar-refractivity contribution in [1.29, 1.82) is 0 Å². The van der Waals surface area contributed by atoms with Crippen LogP contribution in [-0.2, 0) is 6.18 Å². The van der Waals surface area contributed by atoms with E-state index in [-0.39, 0.29) is 28.0 Å². The fourth-order valence-electron chi connectivity index (χ4n) is 3.29. The fraction of sp³-hybridized carbons (Fsp3) is 0.350. The molecule has 7 heteroatoms. The maximum absolute atomic E-state index is 13.5. The molecule has 144 valence electrons. The Balaban J connectivity index is 2.03. The summed E-state index contributed by atoms with van der Waals surface area (Å²) < 4.78 is 53.6. The highest BCUT2D eigenvalue weighted by molar-refractivity contribution is 6.31. The lowest BCUT2D eigenvalue weighted by Crippen LogP contribution is -2.23. The lowest BCUT2D eigenvalue weighted by molar-refractivity contribution is -0.137. The van der Waals surface area contributed by atoms with Crippen molar-refractivity contribution in [3.63, 3.8) is 0 Å². The minimum Gasteiger partial charge on any atom is -0.357 e. The number of alkyl halides is 3. The Hall–Kier alpha value is -2.08.